The summed E-state index contributed by atoms with van der Waals surface area (Å²) >= 11 is 0. The molecule has 1 aliphatic rings. The number of hydrogen-bond acceptors (Lipinski definition) is 4. The van der Waals surface area contributed by atoms with Crippen LogP contribution in [-0.2, 0) is 31.9 Å². The van der Waals surface area contributed by atoms with E-state index in [4.69, 9.17) is 9.72 Å². The predicted octanol–water partition coefficient (Wildman–Crippen LogP) is 16.1. The average molecular weight is 1020 g/mol. The molecule has 0 unspecified atom stereocenters. The Hall–Kier alpha value is -5.64. The summed E-state index contributed by atoms with van der Waals surface area (Å²) in [6, 6.07) is 48.6. The fourth-order valence-corrected chi connectivity index (χ4v) is 9.25. The zero-order valence-electron chi connectivity index (χ0n) is 39.3. The maximum atomic E-state index is 6.65. The first-order chi connectivity index (χ1) is 30.0. The molecule has 3 heterocycles. The predicted molar refractivity (Wildman–Crippen MR) is 265 cm³/mol. The number of anilines is 4. The summed E-state index contributed by atoms with van der Waals surface area (Å²) in [6.45, 7) is 29.6. The number of para-hydroxylation sites is 3. The third-order valence-electron chi connectivity index (χ3n) is 12.6. The fraction of sp³-hybridized carbons (Fsp3) is 0.276. The molecule has 0 bridgehead atoms. The zero-order valence-corrected chi connectivity index (χ0v) is 41.6. The number of ether oxygens (including phenoxy) is 1. The van der Waals surface area contributed by atoms with E-state index < -0.39 is 0 Å². The molecule has 0 amide bonds. The van der Waals surface area contributed by atoms with Crippen molar-refractivity contribution >= 4 is 44.6 Å². The minimum atomic E-state index is -0.0184. The molecule has 6 aromatic carbocycles. The quantitative estimate of drug-likeness (QED) is 0.142. The van der Waals surface area contributed by atoms with E-state index in [1.807, 2.05) is 24.4 Å². The van der Waals surface area contributed by atoms with E-state index in [0.29, 0.717) is 11.5 Å². The average Bonchev–Trinajstić information content (AvgIpc) is 3.78. The first-order valence-electron chi connectivity index (χ1n) is 22.4. The second-order valence-corrected chi connectivity index (χ2v) is 20.0. The molecule has 0 aliphatic carbocycles. The van der Waals surface area contributed by atoms with Crippen molar-refractivity contribution in [2.75, 3.05) is 9.80 Å². The monoisotopic (exact) mass is 1020 g/mol. The SMILES string of the molecule is Cc1cc(C(C)(C)C)cc(C)c1-c1cc(C(C)C)c(N2[CH-]N(c3[c-]c(Oc4[c-]c5c(cc4)c4ccccc4n5-c4cc(C(C)(C)C)ccn4)ccc3)c3ccccc32)c(C(C)C)c1.[Pt]. The van der Waals surface area contributed by atoms with Crippen molar-refractivity contribution in [1.82, 2.24) is 9.55 Å². The van der Waals surface area contributed by atoms with Crippen LogP contribution in [0.25, 0.3) is 38.8 Å². The Morgan fingerprint density at radius 3 is 1.86 bits per heavy atom. The zero-order chi connectivity index (χ0) is 44.5. The van der Waals surface area contributed by atoms with Crippen molar-refractivity contribution < 1.29 is 25.8 Å². The number of aryl methyl sites for hydroxylation is 2. The molecule has 8 aromatic rings. The summed E-state index contributed by atoms with van der Waals surface area (Å²) in [4.78, 5) is 9.50. The van der Waals surface area contributed by atoms with Crippen LogP contribution in [0.5, 0.6) is 11.5 Å². The van der Waals surface area contributed by atoms with E-state index in [0.717, 1.165) is 44.7 Å². The number of pyridine rings is 1. The normalized spacial score (nSPS) is 13.0. The first kappa shape index (κ1) is 44.9. The van der Waals surface area contributed by atoms with Crippen LogP contribution in [0.15, 0.2) is 121 Å². The van der Waals surface area contributed by atoms with E-state index >= 15 is 0 Å². The summed E-state index contributed by atoms with van der Waals surface area (Å²) in [5, 5.41) is 2.25. The molecule has 2 aromatic heterocycles. The Morgan fingerprint density at radius 1 is 0.609 bits per heavy atom. The van der Waals surface area contributed by atoms with Gasteiger partial charge in [-0.3, -0.25) is 0 Å². The van der Waals surface area contributed by atoms with Gasteiger partial charge in [0.1, 0.15) is 5.82 Å². The molecule has 330 valence electrons. The minimum Gasteiger partial charge on any atom is -0.509 e. The van der Waals surface area contributed by atoms with Gasteiger partial charge in [-0.25, -0.2) is 4.98 Å². The molecule has 0 saturated carbocycles. The second kappa shape index (κ2) is 17.1. The van der Waals surface area contributed by atoms with Crippen LogP contribution in [0.4, 0.5) is 22.7 Å². The van der Waals surface area contributed by atoms with Gasteiger partial charge in [0.2, 0.25) is 0 Å². The van der Waals surface area contributed by atoms with Crippen LogP contribution in [0.2, 0.25) is 0 Å². The van der Waals surface area contributed by atoms with Gasteiger partial charge in [0.15, 0.2) is 0 Å². The number of benzene rings is 6. The Bertz CT molecular complexity index is 2980. The van der Waals surface area contributed by atoms with Crippen LogP contribution < -0.4 is 14.5 Å². The van der Waals surface area contributed by atoms with Crippen LogP contribution in [0.3, 0.4) is 0 Å². The Morgan fingerprint density at radius 2 is 1.22 bits per heavy atom. The number of hydrogen-bond donors (Lipinski definition) is 0. The second-order valence-electron chi connectivity index (χ2n) is 20.0. The standard InChI is InChI=1S/C58H59N4O.Pt/c1-36(2)48-30-40(55-38(5)28-42(29-39(55)6)58(10,11)12)31-49(37(3)4)56(48)61-35-60(51-22-15-16-23-52(51)61)43-18-17-19-44(33-43)63-45-24-25-47-46-20-13-14-21-50(46)62(53(47)34-45)54-32-41(26-27-59-54)57(7,8)9;/h13-32,35-37H,1-12H3;/q-3;. The van der Waals surface area contributed by atoms with Gasteiger partial charge in [-0.05, 0) is 129 Å². The van der Waals surface area contributed by atoms with Crippen LogP contribution >= 0.6 is 0 Å². The van der Waals surface area contributed by atoms with Gasteiger partial charge in [-0.1, -0.05) is 117 Å². The van der Waals surface area contributed by atoms with Crippen LogP contribution in [0.1, 0.15) is 114 Å². The maximum absolute atomic E-state index is 6.65. The van der Waals surface area contributed by atoms with Gasteiger partial charge < -0.3 is 19.1 Å². The molecule has 9 rings (SSSR count). The summed E-state index contributed by atoms with van der Waals surface area (Å²) < 4.78 is 8.85. The van der Waals surface area contributed by atoms with Crippen molar-refractivity contribution in [1.29, 1.82) is 0 Å². The van der Waals surface area contributed by atoms with Crippen molar-refractivity contribution in [3.63, 3.8) is 0 Å². The Balaban J connectivity index is 0.00000560. The van der Waals surface area contributed by atoms with E-state index in [2.05, 4.69) is 213 Å². The fourth-order valence-electron chi connectivity index (χ4n) is 9.25. The van der Waals surface area contributed by atoms with Gasteiger partial charge >= 0.3 is 0 Å². The summed E-state index contributed by atoms with van der Waals surface area (Å²) in [5.41, 5.74) is 16.9. The van der Waals surface area contributed by atoms with Crippen LogP contribution in [-0.4, -0.2) is 9.55 Å². The van der Waals surface area contributed by atoms with Crippen molar-refractivity contribution in [2.45, 2.75) is 106 Å². The number of rotatable bonds is 8. The molecule has 0 spiro atoms. The van der Waals surface area contributed by atoms with E-state index in [9.17, 15) is 0 Å². The Labute approximate surface area is 395 Å². The molecule has 0 fully saturated rings. The third kappa shape index (κ3) is 8.17. The van der Waals surface area contributed by atoms with E-state index in [1.54, 1.807) is 0 Å². The van der Waals surface area contributed by atoms with Crippen molar-refractivity contribution in [3.8, 4) is 28.4 Å². The summed E-state index contributed by atoms with van der Waals surface area (Å²) in [7, 11) is 0. The molecule has 0 saturated heterocycles. The van der Waals surface area contributed by atoms with Crippen LogP contribution in [0, 0.1) is 32.6 Å². The number of fused-ring (bicyclic) bond motifs is 4. The molecule has 6 heteroatoms. The van der Waals surface area contributed by atoms with E-state index in [1.165, 1.54) is 50.2 Å². The molecule has 0 atom stereocenters. The topological polar surface area (TPSA) is 33.5 Å². The smallest absolute Gasteiger partial charge is 0.135 e. The molecule has 0 radical (unpaired) electrons. The minimum absolute atomic E-state index is 0. The number of nitrogens with zero attached hydrogens (tertiary/aromatic N) is 4. The van der Waals surface area contributed by atoms with Gasteiger partial charge in [-0.15, -0.1) is 48.1 Å². The third-order valence-corrected chi connectivity index (χ3v) is 12.6. The van der Waals surface area contributed by atoms with Gasteiger partial charge in [0.05, 0.1) is 0 Å². The molecule has 0 N–H and O–H groups in total. The van der Waals surface area contributed by atoms with Gasteiger partial charge in [0.25, 0.3) is 0 Å². The summed E-state index contributed by atoms with van der Waals surface area (Å²) in [6.07, 6.45) is 1.91. The van der Waals surface area contributed by atoms with Crippen molar-refractivity contribution in [3.05, 3.63) is 174 Å². The molecule has 5 nitrogen and oxygen atoms in total. The van der Waals surface area contributed by atoms with Crippen molar-refractivity contribution in [2.24, 2.45) is 0 Å². The summed E-state index contributed by atoms with van der Waals surface area (Å²) in [5.74, 6) is 2.66. The molecule has 64 heavy (non-hydrogen) atoms. The molecular formula is C58H59N4OPt-3. The first-order valence-corrected chi connectivity index (χ1v) is 22.4. The number of aromatic nitrogens is 2. The molecular weight excluding hydrogens is 964 g/mol. The van der Waals surface area contributed by atoms with Gasteiger partial charge in [0, 0.05) is 61.3 Å². The maximum Gasteiger partial charge on any atom is 0.135 e. The molecule has 1 aliphatic heterocycles. The van der Waals surface area contributed by atoms with E-state index in [-0.39, 0.29) is 43.7 Å². The van der Waals surface area contributed by atoms with Gasteiger partial charge in [-0.2, -0.15) is 12.1 Å². The largest absolute Gasteiger partial charge is 0.509 e. The Kier molecular flexibility index (Phi) is 12.0.